The maximum absolute atomic E-state index is 4.04. The molecule has 0 bridgehead atoms. The van der Waals surface area contributed by atoms with Gasteiger partial charge in [0.1, 0.15) is 0 Å². The van der Waals surface area contributed by atoms with Crippen LogP contribution in [0.15, 0.2) is 60.2 Å². The summed E-state index contributed by atoms with van der Waals surface area (Å²) < 4.78 is 0. The molecule has 0 fully saturated rings. The number of hydrogen-bond acceptors (Lipinski definition) is 0. The Kier molecular flexibility index (Phi) is 5.22. The topological polar surface area (TPSA) is 0 Å². The monoisotopic (exact) mass is 224 g/mol. The fraction of sp³-hybridized carbons (Fsp3) is 0.176. The van der Waals surface area contributed by atoms with Gasteiger partial charge in [-0.3, -0.25) is 0 Å². The summed E-state index contributed by atoms with van der Waals surface area (Å²) in [7, 11) is 0. The van der Waals surface area contributed by atoms with Crippen LogP contribution in [0.3, 0.4) is 0 Å². The highest BCUT2D eigenvalue weighted by Gasteiger charge is 1.95. The third kappa shape index (κ3) is 3.60. The zero-order chi connectivity index (χ0) is 12.7. The highest BCUT2D eigenvalue weighted by Crippen LogP contribution is 2.12. The Bertz CT molecular complexity index is 542. The van der Waals surface area contributed by atoms with Crippen molar-refractivity contribution in [1.29, 1.82) is 0 Å². The van der Waals surface area contributed by atoms with E-state index in [1.165, 1.54) is 11.1 Å². The van der Waals surface area contributed by atoms with Crippen LogP contribution in [0.5, 0.6) is 0 Å². The second-order valence-corrected chi connectivity index (χ2v) is 3.88. The van der Waals surface area contributed by atoms with Gasteiger partial charge in [0.2, 0.25) is 0 Å². The summed E-state index contributed by atoms with van der Waals surface area (Å²) in [4.78, 5) is 0. The van der Waals surface area contributed by atoms with E-state index in [1.807, 2.05) is 31.2 Å². The van der Waals surface area contributed by atoms with Crippen molar-refractivity contribution in [3.8, 4) is 0 Å². The van der Waals surface area contributed by atoms with Crippen LogP contribution in [0.1, 0.15) is 20.3 Å². The summed E-state index contributed by atoms with van der Waals surface area (Å²) in [6.07, 6.45) is 9.25. The predicted molar refractivity (Wildman–Crippen MR) is 78.0 cm³/mol. The molecule has 0 radical (unpaired) electrons. The Morgan fingerprint density at radius 2 is 2.00 bits per heavy atom. The third-order valence-electron chi connectivity index (χ3n) is 2.71. The van der Waals surface area contributed by atoms with E-state index < -0.39 is 0 Å². The van der Waals surface area contributed by atoms with Gasteiger partial charge in [-0.15, -0.1) is 0 Å². The lowest BCUT2D eigenvalue weighted by atomic mass is 10.0. The van der Waals surface area contributed by atoms with E-state index in [-0.39, 0.29) is 0 Å². The molecule has 0 aliphatic carbocycles. The summed E-state index contributed by atoms with van der Waals surface area (Å²) in [6, 6.07) is 8.15. The maximum atomic E-state index is 4.04. The molecular formula is C17H20. The molecule has 0 spiro atoms. The lowest BCUT2D eigenvalue weighted by Gasteiger charge is -2.02. The van der Waals surface area contributed by atoms with Crippen molar-refractivity contribution < 1.29 is 0 Å². The van der Waals surface area contributed by atoms with E-state index in [2.05, 4.69) is 44.4 Å². The third-order valence-corrected chi connectivity index (χ3v) is 2.71. The van der Waals surface area contributed by atoms with Gasteiger partial charge in [-0.2, -0.15) is 0 Å². The van der Waals surface area contributed by atoms with Crippen LogP contribution in [-0.2, 0) is 0 Å². The number of hydrogen-bond donors (Lipinski definition) is 0. The van der Waals surface area contributed by atoms with Crippen LogP contribution < -0.4 is 10.4 Å². The molecule has 1 aromatic carbocycles. The Hall–Kier alpha value is -1.82. The number of allylic oxidation sites excluding steroid dienone is 5. The minimum Gasteiger partial charge on any atom is -0.0988 e. The molecule has 0 saturated heterocycles. The fourth-order valence-corrected chi connectivity index (χ4v) is 1.74. The van der Waals surface area contributed by atoms with Gasteiger partial charge in [-0.1, -0.05) is 62.6 Å². The van der Waals surface area contributed by atoms with Crippen LogP contribution in [0.4, 0.5) is 0 Å². The van der Waals surface area contributed by atoms with Gasteiger partial charge in [0.15, 0.2) is 0 Å². The average Bonchev–Trinajstić information content (AvgIpc) is 2.34. The lowest BCUT2D eigenvalue weighted by molar-refractivity contribution is 1.14. The molecular weight excluding hydrogens is 204 g/mol. The first kappa shape index (κ1) is 13.2. The van der Waals surface area contributed by atoms with Gasteiger partial charge in [0, 0.05) is 0 Å². The quantitative estimate of drug-likeness (QED) is 0.688. The van der Waals surface area contributed by atoms with Crippen molar-refractivity contribution >= 4 is 12.7 Å². The molecule has 0 unspecified atom stereocenters. The summed E-state index contributed by atoms with van der Waals surface area (Å²) in [5.41, 5.74) is 2.47. The highest BCUT2D eigenvalue weighted by molar-refractivity contribution is 5.57. The molecule has 1 aromatic rings. The van der Waals surface area contributed by atoms with Crippen molar-refractivity contribution in [2.75, 3.05) is 0 Å². The van der Waals surface area contributed by atoms with Crippen molar-refractivity contribution in [2.24, 2.45) is 0 Å². The van der Waals surface area contributed by atoms with Crippen molar-refractivity contribution in [3.05, 3.63) is 70.7 Å². The molecule has 0 aliphatic heterocycles. The first-order valence-corrected chi connectivity index (χ1v) is 5.97. The molecule has 0 nitrogen and oxygen atoms in total. The minimum atomic E-state index is 0.985. The van der Waals surface area contributed by atoms with E-state index in [0.29, 0.717) is 0 Å². The summed E-state index contributed by atoms with van der Waals surface area (Å²) in [6.45, 7) is 12.1. The summed E-state index contributed by atoms with van der Waals surface area (Å²) in [5, 5.41) is 2.21. The molecule has 88 valence electrons. The normalized spacial score (nSPS) is 13.9. The second-order valence-electron chi connectivity index (χ2n) is 3.88. The molecule has 0 heteroatoms. The smallest absolute Gasteiger partial charge is 0.0184 e. The van der Waals surface area contributed by atoms with Crippen LogP contribution in [0, 0.1) is 0 Å². The first-order chi connectivity index (χ1) is 8.22. The first-order valence-electron chi connectivity index (χ1n) is 5.97. The Morgan fingerprint density at radius 3 is 2.53 bits per heavy atom. The van der Waals surface area contributed by atoms with E-state index in [9.17, 15) is 0 Å². The van der Waals surface area contributed by atoms with Gasteiger partial charge < -0.3 is 0 Å². The summed E-state index contributed by atoms with van der Waals surface area (Å²) >= 11 is 0. The molecule has 0 N–H and O–H groups in total. The van der Waals surface area contributed by atoms with Crippen LogP contribution >= 0.6 is 0 Å². The van der Waals surface area contributed by atoms with Crippen molar-refractivity contribution in [1.82, 2.24) is 0 Å². The van der Waals surface area contributed by atoms with E-state index in [0.717, 1.165) is 16.9 Å². The van der Waals surface area contributed by atoms with E-state index >= 15 is 0 Å². The van der Waals surface area contributed by atoms with Gasteiger partial charge in [0.25, 0.3) is 0 Å². The van der Waals surface area contributed by atoms with Crippen molar-refractivity contribution in [2.45, 2.75) is 20.3 Å². The largest absolute Gasteiger partial charge is 0.0988 e. The van der Waals surface area contributed by atoms with Crippen LogP contribution in [-0.4, -0.2) is 0 Å². The Labute approximate surface area is 104 Å². The van der Waals surface area contributed by atoms with Gasteiger partial charge in [-0.05, 0) is 41.0 Å². The molecule has 0 aromatic heterocycles. The molecule has 1 rings (SSSR count). The molecule has 0 amide bonds. The molecule has 0 heterocycles. The number of benzene rings is 1. The lowest BCUT2D eigenvalue weighted by Crippen LogP contribution is -2.21. The van der Waals surface area contributed by atoms with Gasteiger partial charge >= 0.3 is 0 Å². The molecule has 0 atom stereocenters. The van der Waals surface area contributed by atoms with Crippen LogP contribution in [0.2, 0.25) is 0 Å². The molecule has 17 heavy (non-hydrogen) atoms. The maximum Gasteiger partial charge on any atom is -0.0184 e. The number of rotatable bonds is 4. The van der Waals surface area contributed by atoms with Gasteiger partial charge in [0.05, 0.1) is 0 Å². The summed E-state index contributed by atoms with van der Waals surface area (Å²) in [5.74, 6) is 0. The molecule has 0 saturated carbocycles. The van der Waals surface area contributed by atoms with E-state index in [4.69, 9.17) is 0 Å². The Morgan fingerprint density at radius 1 is 1.29 bits per heavy atom. The fourth-order valence-electron chi connectivity index (χ4n) is 1.74. The van der Waals surface area contributed by atoms with Crippen LogP contribution in [0.25, 0.3) is 12.7 Å². The van der Waals surface area contributed by atoms with Crippen molar-refractivity contribution in [3.63, 3.8) is 0 Å². The second kappa shape index (κ2) is 6.70. The average molecular weight is 224 g/mol. The van der Waals surface area contributed by atoms with E-state index in [1.54, 1.807) is 0 Å². The Balaban J connectivity index is 3.44. The predicted octanol–water partition coefficient (Wildman–Crippen LogP) is 3.35. The molecule has 0 aliphatic rings. The zero-order valence-corrected chi connectivity index (χ0v) is 10.7. The standard InChI is InChI=1S/C17H20/c1-5-10-17(15(6-2)7-3)13-16-12-9-8-11-14(16)4/h5-6,8-13H,2,4,7H2,1,3H3/b10-5-,16-13-,17-15-. The SMILES string of the molecule is C=C/C(CC)=C(\C=C/C)/C=c1/ccccc1=C. The minimum absolute atomic E-state index is 0.985. The van der Waals surface area contributed by atoms with Gasteiger partial charge in [-0.25, -0.2) is 0 Å². The highest BCUT2D eigenvalue weighted by atomic mass is 14.0. The zero-order valence-electron chi connectivity index (χ0n) is 10.7.